The van der Waals surface area contributed by atoms with Crippen LogP contribution in [0.15, 0.2) is 48.8 Å². The lowest BCUT2D eigenvalue weighted by molar-refractivity contribution is 0.0526. The molecule has 1 aromatic heterocycles. The summed E-state index contributed by atoms with van der Waals surface area (Å²) >= 11 is 0. The number of rotatable bonds is 5. The van der Waals surface area contributed by atoms with Gasteiger partial charge < -0.3 is 9.64 Å². The lowest BCUT2D eigenvalue weighted by Gasteiger charge is -2.35. The second-order valence-corrected chi connectivity index (χ2v) is 5.89. The SMILES string of the molecule is CCOC(=O)c1ccc(CN2CCN(c3cccnc3)CC2)cc1. The van der Waals surface area contributed by atoms with Gasteiger partial charge in [0.05, 0.1) is 24.1 Å². The van der Waals surface area contributed by atoms with Crippen LogP contribution in [-0.2, 0) is 11.3 Å². The summed E-state index contributed by atoms with van der Waals surface area (Å²) in [5, 5.41) is 0. The first-order valence-corrected chi connectivity index (χ1v) is 8.39. The fourth-order valence-corrected chi connectivity index (χ4v) is 2.92. The highest BCUT2D eigenvalue weighted by atomic mass is 16.5. The molecule has 0 amide bonds. The van der Waals surface area contributed by atoms with Gasteiger partial charge in [-0.05, 0) is 36.8 Å². The number of esters is 1. The zero-order valence-electron chi connectivity index (χ0n) is 14.0. The maximum atomic E-state index is 11.7. The average Bonchev–Trinajstić information content (AvgIpc) is 2.64. The van der Waals surface area contributed by atoms with E-state index in [1.54, 1.807) is 6.20 Å². The number of piperazine rings is 1. The molecule has 2 heterocycles. The number of benzene rings is 1. The summed E-state index contributed by atoms with van der Waals surface area (Å²) in [6.07, 6.45) is 3.73. The average molecular weight is 325 g/mol. The van der Waals surface area contributed by atoms with Gasteiger partial charge in [0.2, 0.25) is 0 Å². The number of ether oxygens (including phenoxy) is 1. The van der Waals surface area contributed by atoms with Crippen LogP contribution in [0.4, 0.5) is 5.69 Å². The van der Waals surface area contributed by atoms with E-state index < -0.39 is 0 Å². The predicted molar refractivity (Wildman–Crippen MR) is 94.1 cm³/mol. The molecule has 1 fully saturated rings. The van der Waals surface area contributed by atoms with E-state index >= 15 is 0 Å². The fourth-order valence-electron chi connectivity index (χ4n) is 2.92. The first kappa shape index (κ1) is 16.5. The molecule has 5 nitrogen and oxygen atoms in total. The van der Waals surface area contributed by atoms with E-state index in [1.165, 1.54) is 11.3 Å². The van der Waals surface area contributed by atoms with Gasteiger partial charge in [0.1, 0.15) is 0 Å². The molecule has 0 aliphatic carbocycles. The minimum atomic E-state index is -0.255. The van der Waals surface area contributed by atoms with E-state index in [-0.39, 0.29) is 5.97 Å². The summed E-state index contributed by atoms with van der Waals surface area (Å²) in [5.74, 6) is -0.255. The summed E-state index contributed by atoms with van der Waals surface area (Å²) in [4.78, 5) is 20.7. The lowest BCUT2D eigenvalue weighted by Crippen LogP contribution is -2.46. The maximum Gasteiger partial charge on any atom is 0.338 e. The Morgan fingerprint density at radius 3 is 2.50 bits per heavy atom. The van der Waals surface area contributed by atoms with Crippen molar-refractivity contribution >= 4 is 11.7 Å². The van der Waals surface area contributed by atoms with E-state index in [1.807, 2.05) is 43.5 Å². The molecule has 126 valence electrons. The summed E-state index contributed by atoms with van der Waals surface area (Å²) in [6.45, 7) is 7.19. The van der Waals surface area contributed by atoms with Crippen molar-refractivity contribution < 1.29 is 9.53 Å². The molecule has 3 rings (SSSR count). The van der Waals surface area contributed by atoms with E-state index in [2.05, 4.69) is 20.9 Å². The zero-order valence-corrected chi connectivity index (χ0v) is 14.0. The minimum absolute atomic E-state index is 0.255. The van der Waals surface area contributed by atoms with Gasteiger partial charge in [0.15, 0.2) is 0 Å². The van der Waals surface area contributed by atoms with Gasteiger partial charge in [-0.25, -0.2) is 4.79 Å². The van der Waals surface area contributed by atoms with Gasteiger partial charge >= 0.3 is 5.97 Å². The van der Waals surface area contributed by atoms with E-state index in [0.717, 1.165) is 32.7 Å². The zero-order chi connectivity index (χ0) is 16.8. The topological polar surface area (TPSA) is 45.7 Å². The van der Waals surface area contributed by atoms with Crippen LogP contribution in [0.1, 0.15) is 22.8 Å². The number of hydrogen-bond acceptors (Lipinski definition) is 5. The highest BCUT2D eigenvalue weighted by Gasteiger charge is 2.17. The van der Waals surface area contributed by atoms with E-state index in [4.69, 9.17) is 4.74 Å². The molecular weight excluding hydrogens is 302 g/mol. The molecular formula is C19H23N3O2. The summed E-state index contributed by atoms with van der Waals surface area (Å²) < 4.78 is 5.01. The highest BCUT2D eigenvalue weighted by molar-refractivity contribution is 5.89. The van der Waals surface area contributed by atoms with Crippen LogP contribution in [0.2, 0.25) is 0 Å². The molecule has 0 unspecified atom stereocenters. The van der Waals surface area contributed by atoms with Crippen molar-refractivity contribution in [2.24, 2.45) is 0 Å². The monoisotopic (exact) mass is 325 g/mol. The van der Waals surface area contributed by atoms with Gasteiger partial charge in [0, 0.05) is 38.9 Å². The first-order chi connectivity index (χ1) is 11.8. The number of carbonyl (C=O) groups is 1. The molecule has 2 aromatic rings. The highest BCUT2D eigenvalue weighted by Crippen LogP contribution is 2.16. The Hall–Kier alpha value is -2.40. The molecule has 0 N–H and O–H groups in total. The number of anilines is 1. The quantitative estimate of drug-likeness (QED) is 0.791. The Morgan fingerprint density at radius 1 is 1.12 bits per heavy atom. The fraction of sp³-hybridized carbons (Fsp3) is 0.368. The van der Waals surface area contributed by atoms with Crippen LogP contribution in [0.25, 0.3) is 0 Å². The summed E-state index contributed by atoms with van der Waals surface area (Å²) in [7, 11) is 0. The minimum Gasteiger partial charge on any atom is -0.462 e. The third kappa shape index (κ3) is 4.11. The second-order valence-electron chi connectivity index (χ2n) is 5.89. The van der Waals surface area contributed by atoms with Crippen molar-refractivity contribution in [1.29, 1.82) is 0 Å². The van der Waals surface area contributed by atoms with Crippen molar-refractivity contribution in [1.82, 2.24) is 9.88 Å². The number of aromatic nitrogens is 1. The van der Waals surface area contributed by atoms with Crippen molar-refractivity contribution in [2.45, 2.75) is 13.5 Å². The molecule has 0 spiro atoms. The van der Waals surface area contributed by atoms with Crippen LogP contribution < -0.4 is 4.90 Å². The predicted octanol–water partition coefficient (Wildman–Crippen LogP) is 2.58. The number of pyridine rings is 1. The Balaban J connectivity index is 1.52. The van der Waals surface area contributed by atoms with Gasteiger partial charge in [-0.1, -0.05) is 12.1 Å². The molecule has 1 aliphatic heterocycles. The third-order valence-corrected chi connectivity index (χ3v) is 4.25. The maximum absolute atomic E-state index is 11.7. The molecule has 0 saturated carbocycles. The second kappa shape index (κ2) is 7.93. The normalized spacial score (nSPS) is 15.3. The number of hydrogen-bond donors (Lipinski definition) is 0. The summed E-state index contributed by atoms with van der Waals surface area (Å²) in [5.41, 5.74) is 3.02. The van der Waals surface area contributed by atoms with Crippen molar-refractivity contribution in [3.63, 3.8) is 0 Å². The smallest absolute Gasteiger partial charge is 0.338 e. The van der Waals surface area contributed by atoms with Gasteiger partial charge in [0.25, 0.3) is 0 Å². The lowest BCUT2D eigenvalue weighted by atomic mass is 10.1. The number of carbonyl (C=O) groups excluding carboxylic acids is 1. The summed E-state index contributed by atoms with van der Waals surface area (Å²) in [6, 6.07) is 11.8. The van der Waals surface area contributed by atoms with Crippen LogP contribution in [0.5, 0.6) is 0 Å². The van der Waals surface area contributed by atoms with Crippen molar-refractivity contribution in [3.05, 3.63) is 59.9 Å². The third-order valence-electron chi connectivity index (χ3n) is 4.25. The van der Waals surface area contributed by atoms with Crippen LogP contribution >= 0.6 is 0 Å². The molecule has 1 aliphatic rings. The van der Waals surface area contributed by atoms with Crippen molar-refractivity contribution in [2.75, 3.05) is 37.7 Å². The molecule has 5 heteroatoms. The Bertz CT molecular complexity index is 650. The largest absolute Gasteiger partial charge is 0.462 e. The van der Waals surface area contributed by atoms with Crippen LogP contribution in [-0.4, -0.2) is 48.6 Å². The van der Waals surface area contributed by atoms with E-state index in [9.17, 15) is 4.79 Å². The van der Waals surface area contributed by atoms with Crippen LogP contribution in [0.3, 0.4) is 0 Å². The van der Waals surface area contributed by atoms with Crippen LogP contribution in [0, 0.1) is 0 Å². The van der Waals surface area contributed by atoms with E-state index in [0.29, 0.717) is 12.2 Å². The van der Waals surface area contributed by atoms with Gasteiger partial charge in [-0.15, -0.1) is 0 Å². The number of nitrogens with zero attached hydrogens (tertiary/aromatic N) is 3. The first-order valence-electron chi connectivity index (χ1n) is 8.39. The molecule has 1 saturated heterocycles. The molecule has 0 bridgehead atoms. The Labute approximate surface area is 142 Å². The molecule has 1 aromatic carbocycles. The van der Waals surface area contributed by atoms with Gasteiger partial charge in [-0.3, -0.25) is 9.88 Å². The molecule has 24 heavy (non-hydrogen) atoms. The molecule has 0 atom stereocenters. The molecule has 0 radical (unpaired) electrons. The van der Waals surface area contributed by atoms with Gasteiger partial charge in [-0.2, -0.15) is 0 Å². The van der Waals surface area contributed by atoms with Crippen molar-refractivity contribution in [3.8, 4) is 0 Å². The Kier molecular flexibility index (Phi) is 5.43. The standard InChI is InChI=1S/C19H23N3O2/c1-2-24-19(23)17-7-5-16(6-8-17)15-21-10-12-22(13-11-21)18-4-3-9-20-14-18/h3-9,14H,2,10-13,15H2,1H3. The Morgan fingerprint density at radius 2 is 1.88 bits per heavy atom.